The maximum absolute atomic E-state index is 7.00. The van der Waals surface area contributed by atoms with Gasteiger partial charge in [-0.3, -0.25) is 0 Å². The van der Waals surface area contributed by atoms with E-state index in [1.165, 1.54) is 59.6 Å². The summed E-state index contributed by atoms with van der Waals surface area (Å²) in [6.07, 6.45) is 0. The van der Waals surface area contributed by atoms with E-state index in [2.05, 4.69) is 133 Å². The van der Waals surface area contributed by atoms with Crippen LogP contribution in [0.15, 0.2) is 133 Å². The Morgan fingerprint density at radius 1 is 0.308 bits per heavy atom. The van der Waals surface area contributed by atoms with E-state index in [1.54, 1.807) is 0 Å². The van der Waals surface area contributed by atoms with Crippen molar-refractivity contribution in [3.05, 3.63) is 133 Å². The van der Waals surface area contributed by atoms with Gasteiger partial charge >= 0.3 is 0 Å². The zero-order valence-corrected chi connectivity index (χ0v) is 21.1. The maximum Gasteiger partial charge on any atom is 0.143 e. The number of hydrogen-bond acceptors (Lipinski definition) is 1. The molecule has 1 nitrogen and oxygen atoms in total. The molecule has 0 atom stereocenters. The Balaban J connectivity index is 1.43. The molecule has 0 aromatic heterocycles. The molecule has 8 aromatic carbocycles. The molecule has 0 fully saturated rings. The zero-order valence-electron chi connectivity index (χ0n) is 21.1. The van der Waals surface area contributed by atoms with E-state index in [9.17, 15) is 0 Å². The van der Waals surface area contributed by atoms with Crippen LogP contribution in [0.3, 0.4) is 0 Å². The molecule has 0 unspecified atom stereocenters. The highest BCUT2D eigenvalue weighted by atomic mass is 16.5. The Morgan fingerprint density at radius 2 is 0.923 bits per heavy atom. The van der Waals surface area contributed by atoms with Crippen LogP contribution in [0.1, 0.15) is 0 Å². The monoisotopic (exact) mass is 494 g/mol. The minimum atomic E-state index is 0.941. The van der Waals surface area contributed by atoms with Gasteiger partial charge in [0.25, 0.3) is 0 Å². The normalized spacial score (nSPS) is 12.3. The highest BCUT2D eigenvalue weighted by Crippen LogP contribution is 2.53. The third kappa shape index (κ3) is 2.90. The first-order chi connectivity index (χ1) is 19.3. The van der Waals surface area contributed by atoms with Crippen LogP contribution in [0, 0.1) is 0 Å². The van der Waals surface area contributed by atoms with E-state index in [1.807, 2.05) is 0 Å². The van der Waals surface area contributed by atoms with Gasteiger partial charge in [0.1, 0.15) is 11.5 Å². The Morgan fingerprint density at radius 3 is 1.74 bits per heavy atom. The molecular weight excluding hydrogens is 472 g/mol. The largest absolute Gasteiger partial charge is 0.455 e. The highest BCUT2D eigenvalue weighted by molar-refractivity contribution is 6.19. The second-order valence-corrected chi connectivity index (χ2v) is 10.5. The Kier molecular flexibility index (Phi) is 4.11. The van der Waals surface area contributed by atoms with Crippen LogP contribution in [-0.2, 0) is 0 Å². The van der Waals surface area contributed by atoms with Crippen LogP contribution in [0.2, 0.25) is 0 Å². The quantitative estimate of drug-likeness (QED) is 0.163. The third-order valence-electron chi connectivity index (χ3n) is 8.39. The first-order valence-electron chi connectivity index (χ1n) is 13.4. The molecular formula is C38H22O. The highest BCUT2D eigenvalue weighted by Gasteiger charge is 2.25. The molecule has 39 heavy (non-hydrogen) atoms. The predicted octanol–water partition coefficient (Wildman–Crippen LogP) is 10.9. The van der Waals surface area contributed by atoms with Gasteiger partial charge in [-0.25, -0.2) is 0 Å². The Labute approximate surface area is 225 Å². The van der Waals surface area contributed by atoms with Gasteiger partial charge in [-0.05, 0) is 84.5 Å². The molecule has 9 rings (SSSR count). The molecule has 0 saturated heterocycles. The van der Waals surface area contributed by atoms with E-state index >= 15 is 0 Å². The fourth-order valence-corrected chi connectivity index (χ4v) is 6.57. The van der Waals surface area contributed by atoms with Crippen LogP contribution in [0.5, 0.6) is 11.5 Å². The molecule has 1 heterocycles. The van der Waals surface area contributed by atoms with Crippen molar-refractivity contribution >= 4 is 53.9 Å². The average molecular weight is 495 g/mol. The van der Waals surface area contributed by atoms with Crippen LogP contribution in [-0.4, -0.2) is 0 Å². The van der Waals surface area contributed by atoms with Crippen molar-refractivity contribution < 1.29 is 4.74 Å². The van der Waals surface area contributed by atoms with E-state index in [0.717, 1.165) is 28.0 Å². The summed E-state index contributed by atoms with van der Waals surface area (Å²) in [5, 5.41) is 12.2. The average Bonchev–Trinajstić information content (AvgIpc) is 3.00. The standard InChI is InChI=1S/C38H22O/c1-2-10-26-21-35-33(20-25(26)9-1)28-13-5-4-11-27(28)22-34(35)32-19-17-24-12-7-15-30-31-18-16-23-8-3-6-14-29(23)37(31)39-38(32)36(24)30/h1-22H. The van der Waals surface area contributed by atoms with Crippen molar-refractivity contribution in [1.82, 2.24) is 0 Å². The second-order valence-electron chi connectivity index (χ2n) is 10.5. The summed E-state index contributed by atoms with van der Waals surface area (Å²) in [6, 6.07) is 48.4. The first kappa shape index (κ1) is 20.9. The van der Waals surface area contributed by atoms with Crippen LogP contribution in [0.4, 0.5) is 0 Å². The van der Waals surface area contributed by atoms with Gasteiger partial charge in [0, 0.05) is 21.9 Å². The van der Waals surface area contributed by atoms with Crippen molar-refractivity contribution in [2.45, 2.75) is 0 Å². The number of rotatable bonds is 1. The van der Waals surface area contributed by atoms with E-state index in [4.69, 9.17) is 4.74 Å². The van der Waals surface area contributed by atoms with Gasteiger partial charge in [-0.2, -0.15) is 0 Å². The Hall–Kier alpha value is -5.14. The second kappa shape index (κ2) is 7.69. The molecule has 0 spiro atoms. The van der Waals surface area contributed by atoms with E-state index < -0.39 is 0 Å². The summed E-state index contributed by atoms with van der Waals surface area (Å²) >= 11 is 0. The van der Waals surface area contributed by atoms with Crippen LogP contribution in [0.25, 0.3) is 76.1 Å². The first-order valence-corrected chi connectivity index (χ1v) is 13.4. The lowest BCUT2D eigenvalue weighted by molar-refractivity contribution is 0.494. The molecule has 0 N–H and O–H groups in total. The smallest absolute Gasteiger partial charge is 0.143 e. The van der Waals surface area contributed by atoms with Gasteiger partial charge in [0.05, 0.1) is 0 Å². The molecule has 180 valence electrons. The van der Waals surface area contributed by atoms with Gasteiger partial charge in [0.15, 0.2) is 0 Å². The summed E-state index contributed by atoms with van der Waals surface area (Å²) in [5.41, 5.74) is 4.70. The van der Waals surface area contributed by atoms with E-state index in [-0.39, 0.29) is 0 Å². The summed E-state index contributed by atoms with van der Waals surface area (Å²) in [4.78, 5) is 0. The Bertz CT molecular complexity index is 2310. The number of ether oxygens (including phenoxy) is 1. The lowest BCUT2D eigenvalue weighted by atomic mass is 9.87. The van der Waals surface area contributed by atoms with Crippen molar-refractivity contribution in [2.75, 3.05) is 0 Å². The van der Waals surface area contributed by atoms with Gasteiger partial charge in [-0.1, -0.05) is 103 Å². The molecule has 8 aromatic rings. The summed E-state index contributed by atoms with van der Waals surface area (Å²) in [5.74, 6) is 1.88. The third-order valence-corrected chi connectivity index (χ3v) is 8.39. The SMILES string of the molecule is c1ccc2cc3c(cc2c1)c(-c1ccc2cccc4c2c1Oc1c-4ccc2ccccc12)cc1ccccc13. The van der Waals surface area contributed by atoms with Crippen LogP contribution < -0.4 is 4.74 Å². The molecule has 0 aliphatic carbocycles. The molecule has 1 aliphatic rings. The predicted molar refractivity (Wildman–Crippen MR) is 165 cm³/mol. The van der Waals surface area contributed by atoms with Crippen LogP contribution >= 0.6 is 0 Å². The lowest BCUT2D eigenvalue weighted by Crippen LogP contribution is -2.00. The molecule has 1 aliphatic heterocycles. The molecule has 0 amide bonds. The van der Waals surface area contributed by atoms with Gasteiger partial charge in [-0.15, -0.1) is 0 Å². The van der Waals surface area contributed by atoms with Crippen molar-refractivity contribution in [1.29, 1.82) is 0 Å². The van der Waals surface area contributed by atoms with Gasteiger partial charge in [0.2, 0.25) is 0 Å². The molecule has 0 radical (unpaired) electrons. The topological polar surface area (TPSA) is 9.23 Å². The minimum Gasteiger partial charge on any atom is -0.455 e. The van der Waals surface area contributed by atoms with Crippen molar-refractivity contribution in [2.24, 2.45) is 0 Å². The van der Waals surface area contributed by atoms with E-state index in [0.29, 0.717) is 0 Å². The number of benzene rings is 8. The maximum atomic E-state index is 7.00. The minimum absolute atomic E-state index is 0.941. The fourth-order valence-electron chi connectivity index (χ4n) is 6.57. The molecule has 0 saturated carbocycles. The van der Waals surface area contributed by atoms with Crippen molar-refractivity contribution in [3.8, 4) is 33.8 Å². The number of fused-ring (bicyclic) bond motifs is 8. The molecule has 0 bridgehead atoms. The summed E-state index contributed by atoms with van der Waals surface area (Å²) in [6.45, 7) is 0. The number of hydrogen-bond donors (Lipinski definition) is 0. The summed E-state index contributed by atoms with van der Waals surface area (Å²) in [7, 11) is 0. The van der Waals surface area contributed by atoms with Gasteiger partial charge < -0.3 is 4.74 Å². The zero-order chi connectivity index (χ0) is 25.5. The summed E-state index contributed by atoms with van der Waals surface area (Å²) < 4.78 is 7.00. The van der Waals surface area contributed by atoms with Crippen molar-refractivity contribution in [3.63, 3.8) is 0 Å². The molecule has 1 heteroatoms. The fraction of sp³-hybridized carbons (Fsp3) is 0. The lowest BCUT2D eigenvalue weighted by Gasteiger charge is -2.25.